The first-order valence-electron chi connectivity index (χ1n) is 5.23. The molecule has 0 aliphatic carbocycles. The quantitative estimate of drug-likeness (QED) is 0.828. The van der Waals surface area contributed by atoms with Crippen LogP contribution in [0.15, 0.2) is 12.1 Å². The summed E-state index contributed by atoms with van der Waals surface area (Å²) in [4.78, 5) is 22.3. The van der Waals surface area contributed by atoms with Crippen LogP contribution in [0.25, 0.3) is 0 Å². The van der Waals surface area contributed by atoms with E-state index >= 15 is 0 Å². The second kappa shape index (κ2) is 5.14. The van der Waals surface area contributed by atoms with Crippen LogP contribution in [0.4, 0.5) is 0 Å². The molecule has 1 aromatic rings. The highest BCUT2D eigenvalue weighted by atomic mass is 35.5. The minimum absolute atomic E-state index is 0.231. The Kier molecular flexibility index (Phi) is 3.57. The summed E-state index contributed by atoms with van der Waals surface area (Å²) in [5, 5.41) is 2.65. The highest BCUT2D eigenvalue weighted by Gasteiger charge is 2.19. The number of carbonyl (C=O) groups excluding carboxylic acids is 2. The first-order valence-corrected chi connectivity index (χ1v) is 5.61. The maximum atomic E-state index is 11.7. The number of halogens is 1. The minimum atomic E-state index is -0.619. The third-order valence-electron chi connectivity index (χ3n) is 2.28. The van der Waals surface area contributed by atoms with Crippen LogP contribution in [0.2, 0.25) is 5.02 Å². The van der Waals surface area contributed by atoms with Crippen molar-refractivity contribution in [1.82, 2.24) is 5.32 Å². The first kappa shape index (κ1) is 12.5. The largest absolute Gasteiger partial charge is 0.486 e. The van der Waals surface area contributed by atoms with Gasteiger partial charge in [0.1, 0.15) is 13.2 Å². The van der Waals surface area contributed by atoms with E-state index in [0.717, 1.165) is 0 Å². The van der Waals surface area contributed by atoms with Crippen molar-refractivity contribution in [2.24, 2.45) is 5.73 Å². The van der Waals surface area contributed by atoms with Crippen molar-refractivity contribution in [3.63, 3.8) is 0 Å². The van der Waals surface area contributed by atoms with Gasteiger partial charge in [-0.3, -0.25) is 9.59 Å². The Morgan fingerprint density at radius 2 is 2.06 bits per heavy atom. The van der Waals surface area contributed by atoms with Gasteiger partial charge in [-0.25, -0.2) is 0 Å². The zero-order chi connectivity index (χ0) is 13.1. The van der Waals surface area contributed by atoms with Gasteiger partial charge in [-0.1, -0.05) is 11.6 Å². The zero-order valence-corrected chi connectivity index (χ0v) is 10.1. The number of hydrogen-bond acceptors (Lipinski definition) is 4. The van der Waals surface area contributed by atoms with Crippen LogP contribution in [0.3, 0.4) is 0 Å². The molecule has 18 heavy (non-hydrogen) atoms. The molecule has 0 aromatic heterocycles. The fraction of sp³-hybridized carbons (Fsp3) is 0.273. The molecular weight excluding hydrogens is 260 g/mol. The van der Waals surface area contributed by atoms with Crippen molar-refractivity contribution >= 4 is 23.4 Å². The second-order valence-corrected chi connectivity index (χ2v) is 4.04. The maximum absolute atomic E-state index is 11.7. The van der Waals surface area contributed by atoms with Gasteiger partial charge in [-0.15, -0.1) is 0 Å². The van der Waals surface area contributed by atoms with Gasteiger partial charge in [0.15, 0.2) is 11.5 Å². The Labute approximate surface area is 108 Å². The molecule has 0 saturated heterocycles. The van der Waals surface area contributed by atoms with E-state index in [1.165, 1.54) is 12.1 Å². The van der Waals surface area contributed by atoms with Gasteiger partial charge in [-0.05, 0) is 12.1 Å². The lowest BCUT2D eigenvalue weighted by Gasteiger charge is -2.20. The molecule has 96 valence electrons. The SMILES string of the molecule is NC(=O)CNC(=O)c1cc(Cl)c2c(c1)OCCO2. The van der Waals surface area contributed by atoms with Crippen LogP contribution in [0.5, 0.6) is 11.5 Å². The van der Waals surface area contributed by atoms with Crippen molar-refractivity contribution in [3.8, 4) is 11.5 Å². The summed E-state index contributed by atoms with van der Waals surface area (Å²) in [7, 11) is 0. The van der Waals surface area contributed by atoms with Crippen molar-refractivity contribution in [2.45, 2.75) is 0 Å². The molecule has 0 spiro atoms. The molecule has 0 saturated carbocycles. The molecule has 1 heterocycles. The zero-order valence-electron chi connectivity index (χ0n) is 9.36. The van der Waals surface area contributed by atoms with Crippen LogP contribution in [0.1, 0.15) is 10.4 Å². The lowest BCUT2D eigenvalue weighted by Crippen LogP contribution is -2.33. The van der Waals surface area contributed by atoms with Crippen LogP contribution in [0, 0.1) is 0 Å². The predicted octanol–water partition coefficient (Wildman–Crippen LogP) is 0.326. The highest BCUT2D eigenvalue weighted by Crippen LogP contribution is 2.38. The lowest BCUT2D eigenvalue weighted by molar-refractivity contribution is -0.117. The minimum Gasteiger partial charge on any atom is -0.486 e. The Balaban J connectivity index is 2.21. The van der Waals surface area contributed by atoms with Gasteiger partial charge in [0.25, 0.3) is 5.91 Å². The molecule has 2 amide bonds. The number of rotatable bonds is 3. The summed E-state index contributed by atoms with van der Waals surface area (Å²) < 4.78 is 10.7. The predicted molar refractivity (Wildman–Crippen MR) is 64.0 cm³/mol. The first-order chi connectivity index (χ1) is 8.58. The van der Waals surface area contributed by atoms with Crippen molar-refractivity contribution in [1.29, 1.82) is 0 Å². The highest BCUT2D eigenvalue weighted by molar-refractivity contribution is 6.32. The van der Waals surface area contributed by atoms with Gasteiger partial charge < -0.3 is 20.5 Å². The fourth-order valence-corrected chi connectivity index (χ4v) is 1.78. The molecular formula is C11H11ClN2O4. The number of nitrogens with two attached hydrogens (primary N) is 1. The number of primary amides is 1. The Bertz CT molecular complexity index is 504. The third kappa shape index (κ3) is 2.65. The number of amides is 2. The van der Waals surface area contributed by atoms with E-state index in [2.05, 4.69) is 5.32 Å². The number of ether oxygens (including phenoxy) is 2. The van der Waals surface area contributed by atoms with Crippen LogP contribution >= 0.6 is 11.6 Å². The monoisotopic (exact) mass is 270 g/mol. The average Bonchev–Trinajstić information content (AvgIpc) is 2.36. The van der Waals surface area contributed by atoms with Crippen molar-refractivity contribution in [3.05, 3.63) is 22.7 Å². The van der Waals surface area contributed by atoms with E-state index in [9.17, 15) is 9.59 Å². The summed E-state index contributed by atoms with van der Waals surface area (Å²) in [6, 6.07) is 2.96. The molecule has 1 aliphatic rings. The molecule has 1 aliphatic heterocycles. The molecule has 3 N–H and O–H groups in total. The Morgan fingerprint density at radius 1 is 1.33 bits per heavy atom. The van der Waals surface area contributed by atoms with Crippen LogP contribution in [-0.2, 0) is 4.79 Å². The van der Waals surface area contributed by atoms with E-state index in [1.807, 2.05) is 0 Å². The summed E-state index contributed by atoms with van der Waals surface area (Å²) >= 11 is 5.98. The number of benzene rings is 1. The summed E-state index contributed by atoms with van der Waals surface area (Å²) in [6.45, 7) is 0.584. The molecule has 2 rings (SSSR count). The fourth-order valence-electron chi connectivity index (χ4n) is 1.51. The van der Waals surface area contributed by atoms with Crippen LogP contribution in [-0.4, -0.2) is 31.6 Å². The molecule has 6 nitrogen and oxygen atoms in total. The van der Waals surface area contributed by atoms with E-state index in [-0.39, 0.29) is 17.1 Å². The van der Waals surface area contributed by atoms with Gasteiger partial charge in [0.05, 0.1) is 11.6 Å². The second-order valence-electron chi connectivity index (χ2n) is 3.63. The Hall–Kier alpha value is -1.95. The summed E-state index contributed by atoms with van der Waals surface area (Å²) in [6.07, 6.45) is 0. The molecule has 0 fully saturated rings. The number of nitrogens with one attached hydrogen (secondary N) is 1. The standard InChI is InChI=1S/C11H11ClN2O4/c12-7-3-6(11(16)14-5-9(13)15)4-8-10(7)18-2-1-17-8/h3-4H,1-2,5H2,(H2,13,15)(H,14,16). The number of carbonyl (C=O) groups is 2. The van der Waals surface area contributed by atoms with Crippen LogP contribution < -0.4 is 20.5 Å². The third-order valence-corrected chi connectivity index (χ3v) is 2.56. The molecule has 7 heteroatoms. The molecule has 1 aromatic carbocycles. The van der Waals surface area contributed by atoms with Gasteiger partial charge in [0.2, 0.25) is 5.91 Å². The Morgan fingerprint density at radius 3 is 2.78 bits per heavy atom. The number of fused-ring (bicyclic) bond motifs is 1. The van der Waals surface area contributed by atoms with Crippen molar-refractivity contribution < 1.29 is 19.1 Å². The normalized spacial score (nSPS) is 12.9. The average molecular weight is 271 g/mol. The molecule has 0 bridgehead atoms. The van der Waals surface area contributed by atoms with Gasteiger partial charge in [-0.2, -0.15) is 0 Å². The van der Waals surface area contributed by atoms with Gasteiger partial charge in [0, 0.05) is 5.56 Å². The van der Waals surface area contributed by atoms with Gasteiger partial charge >= 0.3 is 0 Å². The summed E-state index contributed by atoms with van der Waals surface area (Å²) in [5.41, 5.74) is 5.22. The molecule has 0 radical (unpaired) electrons. The topological polar surface area (TPSA) is 90.7 Å². The van der Waals surface area contributed by atoms with E-state index < -0.39 is 11.8 Å². The van der Waals surface area contributed by atoms with E-state index in [4.69, 9.17) is 26.8 Å². The molecule has 0 atom stereocenters. The van der Waals surface area contributed by atoms with E-state index in [1.54, 1.807) is 0 Å². The molecule has 0 unspecified atom stereocenters. The maximum Gasteiger partial charge on any atom is 0.251 e. The summed E-state index contributed by atoms with van der Waals surface area (Å²) in [5.74, 6) is -0.230. The smallest absolute Gasteiger partial charge is 0.251 e. The van der Waals surface area contributed by atoms with Crippen molar-refractivity contribution in [2.75, 3.05) is 19.8 Å². The lowest BCUT2D eigenvalue weighted by atomic mass is 10.2. The van der Waals surface area contributed by atoms with E-state index in [0.29, 0.717) is 24.7 Å². The number of hydrogen-bond donors (Lipinski definition) is 2.